The number of amides is 5. The quantitative estimate of drug-likeness (QED) is 0.0851. The second kappa shape index (κ2) is 24.0. The number of hydrogen-bond acceptors (Lipinski definition) is 9. The molecular formula is C37H57N3O9. The number of anilines is 1. The molecule has 3 rings (SSSR count). The number of imide groups is 2. The lowest BCUT2D eigenvalue weighted by molar-refractivity contribution is -0.136. The fourth-order valence-electron chi connectivity index (χ4n) is 5.95. The molecule has 2 aliphatic heterocycles. The first-order valence-corrected chi connectivity index (χ1v) is 18.4. The van der Waals surface area contributed by atoms with Crippen LogP contribution in [-0.2, 0) is 33.3 Å². The smallest absolute Gasteiger partial charge is 0.264 e. The van der Waals surface area contributed by atoms with Crippen molar-refractivity contribution >= 4 is 35.2 Å². The fraction of sp³-hybridized carbons (Fsp3) is 0.703. The molecule has 1 saturated heterocycles. The molecule has 0 aliphatic carbocycles. The number of benzene rings is 1. The summed E-state index contributed by atoms with van der Waals surface area (Å²) < 4.78 is 22.3. The van der Waals surface area contributed by atoms with Crippen molar-refractivity contribution in [2.24, 2.45) is 0 Å². The lowest BCUT2D eigenvalue weighted by Gasteiger charge is -2.27. The second-order valence-electron chi connectivity index (χ2n) is 12.7. The summed E-state index contributed by atoms with van der Waals surface area (Å²) in [5.74, 6) is -2.65. The number of nitrogens with zero attached hydrogens (tertiary/aromatic N) is 1. The van der Waals surface area contributed by atoms with E-state index < -0.39 is 29.7 Å². The lowest BCUT2D eigenvalue weighted by atomic mass is 10.0. The van der Waals surface area contributed by atoms with Gasteiger partial charge < -0.3 is 24.3 Å². The first-order valence-electron chi connectivity index (χ1n) is 18.4. The molecule has 0 bridgehead atoms. The highest BCUT2D eigenvalue weighted by molar-refractivity contribution is 6.26. The van der Waals surface area contributed by atoms with E-state index in [1.807, 2.05) is 0 Å². The number of unbranched alkanes of at least 4 members (excludes halogenated alkanes) is 11. The fourth-order valence-corrected chi connectivity index (χ4v) is 5.95. The van der Waals surface area contributed by atoms with E-state index >= 15 is 0 Å². The van der Waals surface area contributed by atoms with E-state index in [0.29, 0.717) is 52.7 Å². The summed E-state index contributed by atoms with van der Waals surface area (Å²) in [4.78, 5) is 63.4. The third kappa shape index (κ3) is 14.7. The van der Waals surface area contributed by atoms with Crippen LogP contribution in [0.4, 0.5) is 5.69 Å². The summed E-state index contributed by atoms with van der Waals surface area (Å²) in [5.41, 5.74) is 0.426. The third-order valence-electron chi connectivity index (χ3n) is 8.69. The molecule has 0 aromatic heterocycles. The molecule has 274 valence electrons. The molecule has 1 aromatic rings. The first kappa shape index (κ1) is 40.2. The van der Waals surface area contributed by atoms with Crippen LogP contribution in [0, 0.1) is 0 Å². The number of ether oxygens (including phenoxy) is 4. The van der Waals surface area contributed by atoms with E-state index in [9.17, 15) is 24.0 Å². The minimum absolute atomic E-state index is 0.0394. The molecule has 0 saturated carbocycles. The van der Waals surface area contributed by atoms with Gasteiger partial charge in [-0.25, -0.2) is 0 Å². The predicted molar refractivity (Wildman–Crippen MR) is 185 cm³/mol. The summed E-state index contributed by atoms with van der Waals surface area (Å²) in [6, 6.07) is 3.58. The van der Waals surface area contributed by atoms with Gasteiger partial charge in [0.25, 0.3) is 11.8 Å². The molecular weight excluding hydrogens is 630 g/mol. The molecule has 1 aromatic carbocycles. The van der Waals surface area contributed by atoms with Crippen molar-refractivity contribution < 1.29 is 42.9 Å². The van der Waals surface area contributed by atoms with E-state index in [0.717, 1.165) is 30.8 Å². The summed E-state index contributed by atoms with van der Waals surface area (Å²) in [6.07, 6.45) is 15.8. The first-order chi connectivity index (χ1) is 23.9. The van der Waals surface area contributed by atoms with Gasteiger partial charge in [0.1, 0.15) is 6.04 Å². The Hall–Kier alpha value is -3.19. The lowest BCUT2D eigenvalue weighted by Crippen LogP contribution is -2.54. The summed E-state index contributed by atoms with van der Waals surface area (Å²) in [6.45, 7) is 6.83. The maximum Gasteiger partial charge on any atom is 0.264 e. The molecule has 12 nitrogen and oxygen atoms in total. The molecule has 1 fully saturated rings. The van der Waals surface area contributed by atoms with Crippen LogP contribution in [0.3, 0.4) is 0 Å². The molecule has 12 heteroatoms. The highest BCUT2D eigenvalue weighted by Gasteiger charge is 2.45. The molecule has 1 unspecified atom stereocenters. The standard InChI is InChI=1S/C37H57N3O9/c1-2-3-4-5-6-7-8-9-10-13-21-46-23-25-48-27-28-49-26-24-47-22-14-11-12-18-32(41)38-30-17-15-16-29-34(30)37(45)40(36(29)44)31-19-20-33(42)39-35(31)43/h15-17,31H,2-14,18-28H2,1H3,(H,38,41)(H,39,42,43). The van der Waals surface area contributed by atoms with Crippen LogP contribution < -0.4 is 10.6 Å². The summed E-state index contributed by atoms with van der Waals surface area (Å²) in [5, 5.41) is 4.92. The van der Waals surface area contributed by atoms with Crippen LogP contribution >= 0.6 is 0 Å². The molecule has 2 heterocycles. The molecule has 1 atom stereocenters. The van der Waals surface area contributed by atoms with Crippen LogP contribution in [0.1, 0.15) is 130 Å². The van der Waals surface area contributed by atoms with Crippen molar-refractivity contribution in [1.82, 2.24) is 10.2 Å². The van der Waals surface area contributed by atoms with Crippen molar-refractivity contribution in [3.8, 4) is 0 Å². The zero-order valence-corrected chi connectivity index (χ0v) is 29.4. The van der Waals surface area contributed by atoms with Gasteiger partial charge in [-0.1, -0.05) is 77.2 Å². The van der Waals surface area contributed by atoms with Crippen molar-refractivity contribution in [3.63, 3.8) is 0 Å². The summed E-state index contributed by atoms with van der Waals surface area (Å²) in [7, 11) is 0. The normalized spacial score (nSPS) is 15.9. The Labute approximate surface area is 291 Å². The number of fused-ring (bicyclic) bond motifs is 1. The van der Waals surface area contributed by atoms with Gasteiger partial charge in [0.2, 0.25) is 17.7 Å². The number of carbonyl (C=O) groups is 5. The van der Waals surface area contributed by atoms with E-state index in [-0.39, 0.29) is 42.0 Å². The molecule has 2 N–H and O–H groups in total. The SMILES string of the molecule is CCCCCCCCCCCCOCCOCCOCCOCCCCCC(=O)Nc1cccc2c1C(=O)N(C1CCC(=O)NC1=O)C2=O. The van der Waals surface area contributed by atoms with Gasteiger partial charge in [0, 0.05) is 26.1 Å². The Bertz CT molecular complexity index is 1190. The van der Waals surface area contributed by atoms with Gasteiger partial charge in [0.05, 0.1) is 56.5 Å². The Morgan fingerprint density at radius 3 is 1.82 bits per heavy atom. The maximum atomic E-state index is 13.2. The van der Waals surface area contributed by atoms with Gasteiger partial charge in [-0.05, 0) is 37.8 Å². The Kier molecular flexibility index (Phi) is 19.7. The molecule has 2 aliphatic rings. The van der Waals surface area contributed by atoms with Crippen LogP contribution in [0.5, 0.6) is 0 Å². The van der Waals surface area contributed by atoms with Crippen LogP contribution in [-0.4, -0.2) is 93.3 Å². The zero-order chi connectivity index (χ0) is 35.1. The minimum Gasteiger partial charge on any atom is -0.379 e. The molecule has 5 amide bonds. The Morgan fingerprint density at radius 2 is 1.24 bits per heavy atom. The average molecular weight is 688 g/mol. The number of nitrogens with one attached hydrogen (secondary N) is 2. The van der Waals surface area contributed by atoms with Crippen molar-refractivity contribution in [1.29, 1.82) is 0 Å². The Morgan fingerprint density at radius 1 is 0.714 bits per heavy atom. The molecule has 0 spiro atoms. The number of carbonyl (C=O) groups excluding carboxylic acids is 5. The van der Waals surface area contributed by atoms with Crippen LogP contribution in [0.25, 0.3) is 0 Å². The summed E-state index contributed by atoms with van der Waals surface area (Å²) >= 11 is 0. The predicted octanol–water partition coefficient (Wildman–Crippen LogP) is 5.57. The van der Waals surface area contributed by atoms with Crippen LogP contribution in [0.2, 0.25) is 0 Å². The maximum absolute atomic E-state index is 13.2. The number of hydrogen-bond donors (Lipinski definition) is 2. The molecule has 0 radical (unpaired) electrons. The molecule has 49 heavy (non-hydrogen) atoms. The largest absolute Gasteiger partial charge is 0.379 e. The average Bonchev–Trinajstić information content (AvgIpc) is 3.34. The topological polar surface area (TPSA) is 150 Å². The Balaban J connectivity index is 1.11. The minimum atomic E-state index is -1.06. The zero-order valence-electron chi connectivity index (χ0n) is 29.4. The van der Waals surface area contributed by atoms with Gasteiger partial charge in [-0.3, -0.25) is 34.2 Å². The number of piperidine rings is 1. The second-order valence-corrected chi connectivity index (χ2v) is 12.7. The van der Waals surface area contributed by atoms with Gasteiger partial charge in [0.15, 0.2) is 0 Å². The van der Waals surface area contributed by atoms with E-state index in [1.165, 1.54) is 63.9 Å². The van der Waals surface area contributed by atoms with Crippen LogP contribution in [0.15, 0.2) is 18.2 Å². The van der Waals surface area contributed by atoms with Gasteiger partial charge >= 0.3 is 0 Å². The van der Waals surface area contributed by atoms with Crippen molar-refractivity contribution in [2.75, 3.05) is 58.2 Å². The monoisotopic (exact) mass is 687 g/mol. The highest BCUT2D eigenvalue weighted by atomic mass is 16.6. The highest BCUT2D eigenvalue weighted by Crippen LogP contribution is 2.32. The third-order valence-corrected chi connectivity index (χ3v) is 8.69. The van der Waals surface area contributed by atoms with Crippen molar-refractivity contribution in [3.05, 3.63) is 29.3 Å². The van der Waals surface area contributed by atoms with Gasteiger partial charge in [-0.15, -0.1) is 0 Å². The van der Waals surface area contributed by atoms with Crippen molar-refractivity contribution in [2.45, 2.75) is 116 Å². The van der Waals surface area contributed by atoms with E-state index in [1.54, 1.807) is 12.1 Å². The van der Waals surface area contributed by atoms with Gasteiger partial charge in [-0.2, -0.15) is 0 Å². The van der Waals surface area contributed by atoms with E-state index in [4.69, 9.17) is 18.9 Å². The van der Waals surface area contributed by atoms with E-state index in [2.05, 4.69) is 17.6 Å². The number of rotatable bonds is 28.